The Balaban J connectivity index is 2.22. The first kappa shape index (κ1) is 13.8. The number of amides is 1. The summed E-state index contributed by atoms with van der Waals surface area (Å²) in [6.45, 7) is 5.89. The zero-order chi connectivity index (χ0) is 13.8. The van der Waals surface area contributed by atoms with Crippen molar-refractivity contribution in [2.75, 3.05) is 25.5 Å². The number of hydrogen-bond acceptors (Lipinski definition) is 4. The lowest BCUT2D eigenvalue weighted by Gasteiger charge is -2.33. The molecule has 1 atom stereocenters. The number of morpholine rings is 1. The lowest BCUT2D eigenvalue weighted by Crippen LogP contribution is -2.47. The third-order valence-electron chi connectivity index (χ3n) is 3.28. The van der Waals surface area contributed by atoms with Crippen LogP contribution in [0.1, 0.15) is 36.3 Å². The predicted octanol–water partition coefficient (Wildman–Crippen LogP) is 1.48. The fourth-order valence-corrected chi connectivity index (χ4v) is 2.31. The Kier molecular flexibility index (Phi) is 4.37. The van der Waals surface area contributed by atoms with Gasteiger partial charge in [0.15, 0.2) is 0 Å². The van der Waals surface area contributed by atoms with Gasteiger partial charge < -0.3 is 15.4 Å². The first-order chi connectivity index (χ1) is 9.11. The molecule has 1 amide bonds. The third-order valence-corrected chi connectivity index (χ3v) is 3.28. The summed E-state index contributed by atoms with van der Waals surface area (Å²) in [6, 6.07) is 3.61. The number of carbonyl (C=O) groups excluding carboxylic acids is 1. The standard InChI is InChI=1S/C14H21N3O2/c1-3-4-12-7-11(8-13(15)16-12)14(18)17-5-6-19-9-10(17)2/h7-8,10H,3-6,9H2,1-2H3,(H2,15,16). The van der Waals surface area contributed by atoms with Crippen LogP contribution in [-0.4, -0.2) is 41.6 Å². The SMILES string of the molecule is CCCc1cc(C(=O)N2CCOCC2C)cc(N)n1. The van der Waals surface area contributed by atoms with Gasteiger partial charge in [-0.1, -0.05) is 13.3 Å². The van der Waals surface area contributed by atoms with Gasteiger partial charge in [0, 0.05) is 17.8 Å². The fraction of sp³-hybridized carbons (Fsp3) is 0.571. The van der Waals surface area contributed by atoms with E-state index in [4.69, 9.17) is 10.5 Å². The lowest BCUT2D eigenvalue weighted by atomic mass is 10.1. The van der Waals surface area contributed by atoms with Gasteiger partial charge in [-0.2, -0.15) is 0 Å². The number of rotatable bonds is 3. The van der Waals surface area contributed by atoms with Gasteiger partial charge in [0.05, 0.1) is 19.3 Å². The van der Waals surface area contributed by atoms with Crippen molar-refractivity contribution < 1.29 is 9.53 Å². The molecule has 2 N–H and O–H groups in total. The van der Waals surface area contributed by atoms with Gasteiger partial charge in [-0.3, -0.25) is 4.79 Å². The summed E-state index contributed by atoms with van der Waals surface area (Å²) in [7, 11) is 0. The van der Waals surface area contributed by atoms with Gasteiger partial charge in [0.25, 0.3) is 5.91 Å². The van der Waals surface area contributed by atoms with E-state index in [1.54, 1.807) is 6.07 Å². The first-order valence-corrected chi connectivity index (χ1v) is 6.77. The lowest BCUT2D eigenvalue weighted by molar-refractivity contribution is 0.00358. The molecule has 1 saturated heterocycles. The first-order valence-electron chi connectivity index (χ1n) is 6.77. The third kappa shape index (κ3) is 3.23. The fourth-order valence-electron chi connectivity index (χ4n) is 2.31. The Morgan fingerprint density at radius 3 is 3.05 bits per heavy atom. The summed E-state index contributed by atoms with van der Waals surface area (Å²) >= 11 is 0. The molecule has 1 fully saturated rings. The van der Waals surface area contributed by atoms with Crippen LogP contribution >= 0.6 is 0 Å². The minimum atomic E-state index is 0.0160. The molecule has 0 radical (unpaired) electrons. The summed E-state index contributed by atoms with van der Waals surface area (Å²) in [6.07, 6.45) is 1.82. The molecule has 1 unspecified atom stereocenters. The van der Waals surface area contributed by atoms with E-state index in [9.17, 15) is 4.79 Å². The Morgan fingerprint density at radius 2 is 2.37 bits per heavy atom. The largest absolute Gasteiger partial charge is 0.384 e. The number of aromatic nitrogens is 1. The van der Waals surface area contributed by atoms with Crippen molar-refractivity contribution in [3.8, 4) is 0 Å². The number of ether oxygens (including phenoxy) is 1. The van der Waals surface area contributed by atoms with Crippen molar-refractivity contribution in [3.05, 3.63) is 23.4 Å². The van der Waals surface area contributed by atoms with Crippen LogP contribution < -0.4 is 5.73 Å². The van der Waals surface area contributed by atoms with Crippen molar-refractivity contribution in [2.45, 2.75) is 32.7 Å². The number of nitrogens with two attached hydrogens (primary N) is 1. The molecule has 5 nitrogen and oxygen atoms in total. The molecule has 1 aliphatic heterocycles. The highest BCUT2D eigenvalue weighted by atomic mass is 16.5. The molecule has 0 aliphatic carbocycles. The maximum atomic E-state index is 12.5. The summed E-state index contributed by atoms with van der Waals surface area (Å²) in [4.78, 5) is 18.6. The number of hydrogen-bond donors (Lipinski definition) is 1. The summed E-state index contributed by atoms with van der Waals surface area (Å²) in [5.74, 6) is 0.428. The molecule has 2 rings (SSSR count). The van der Waals surface area contributed by atoms with E-state index >= 15 is 0 Å². The topological polar surface area (TPSA) is 68.5 Å². The van der Waals surface area contributed by atoms with E-state index in [2.05, 4.69) is 11.9 Å². The zero-order valence-electron chi connectivity index (χ0n) is 11.6. The summed E-state index contributed by atoms with van der Waals surface area (Å²) in [5.41, 5.74) is 7.30. The van der Waals surface area contributed by atoms with Gasteiger partial charge in [0.2, 0.25) is 0 Å². The molecular weight excluding hydrogens is 242 g/mol. The van der Waals surface area contributed by atoms with Gasteiger partial charge in [-0.25, -0.2) is 4.98 Å². The minimum Gasteiger partial charge on any atom is -0.384 e. The molecule has 5 heteroatoms. The number of anilines is 1. The van der Waals surface area contributed by atoms with Crippen LogP contribution in [-0.2, 0) is 11.2 Å². The predicted molar refractivity (Wildman–Crippen MR) is 74.0 cm³/mol. The Labute approximate surface area is 113 Å². The summed E-state index contributed by atoms with van der Waals surface area (Å²) < 4.78 is 5.35. The van der Waals surface area contributed by atoms with Crippen molar-refractivity contribution in [3.63, 3.8) is 0 Å². The number of aryl methyl sites for hydroxylation is 1. The van der Waals surface area contributed by atoms with Crippen LogP contribution in [0, 0.1) is 0 Å². The van der Waals surface area contributed by atoms with Gasteiger partial charge in [-0.05, 0) is 25.5 Å². The molecule has 1 aromatic heterocycles. The Bertz CT molecular complexity index is 462. The van der Waals surface area contributed by atoms with Gasteiger partial charge in [-0.15, -0.1) is 0 Å². The average Bonchev–Trinajstić information content (AvgIpc) is 2.38. The van der Waals surface area contributed by atoms with Gasteiger partial charge in [0.1, 0.15) is 5.82 Å². The minimum absolute atomic E-state index is 0.0160. The molecule has 2 heterocycles. The molecule has 19 heavy (non-hydrogen) atoms. The van der Waals surface area contributed by atoms with Crippen LogP contribution in [0.25, 0.3) is 0 Å². The number of nitrogens with zero attached hydrogens (tertiary/aromatic N) is 2. The average molecular weight is 263 g/mol. The van der Waals surface area contributed by atoms with E-state index < -0.39 is 0 Å². The van der Waals surface area contributed by atoms with E-state index in [0.717, 1.165) is 18.5 Å². The molecular formula is C14H21N3O2. The zero-order valence-corrected chi connectivity index (χ0v) is 11.6. The van der Waals surface area contributed by atoms with E-state index in [1.807, 2.05) is 17.9 Å². The van der Waals surface area contributed by atoms with Crippen molar-refractivity contribution in [1.29, 1.82) is 0 Å². The monoisotopic (exact) mass is 263 g/mol. The maximum Gasteiger partial charge on any atom is 0.254 e. The second kappa shape index (κ2) is 6.02. The number of pyridine rings is 1. The highest BCUT2D eigenvalue weighted by Gasteiger charge is 2.25. The Hall–Kier alpha value is -1.62. The second-order valence-electron chi connectivity index (χ2n) is 4.94. The molecule has 104 valence electrons. The Morgan fingerprint density at radius 1 is 1.58 bits per heavy atom. The van der Waals surface area contributed by atoms with Crippen LogP contribution in [0.5, 0.6) is 0 Å². The van der Waals surface area contributed by atoms with Crippen molar-refractivity contribution >= 4 is 11.7 Å². The van der Waals surface area contributed by atoms with Crippen LogP contribution in [0.2, 0.25) is 0 Å². The van der Waals surface area contributed by atoms with E-state index in [-0.39, 0.29) is 11.9 Å². The molecule has 0 aromatic carbocycles. The number of carbonyl (C=O) groups is 1. The molecule has 0 spiro atoms. The normalized spacial score (nSPS) is 19.5. The van der Waals surface area contributed by atoms with Crippen LogP contribution in [0.3, 0.4) is 0 Å². The second-order valence-corrected chi connectivity index (χ2v) is 4.94. The van der Waals surface area contributed by atoms with Gasteiger partial charge >= 0.3 is 0 Å². The number of nitrogen functional groups attached to an aromatic ring is 1. The molecule has 0 saturated carbocycles. The highest BCUT2D eigenvalue weighted by Crippen LogP contribution is 2.15. The molecule has 0 bridgehead atoms. The van der Waals surface area contributed by atoms with Crippen molar-refractivity contribution in [1.82, 2.24) is 9.88 Å². The van der Waals surface area contributed by atoms with E-state index in [0.29, 0.717) is 31.1 Å². The maximum absolute atomic E-state index is 12.5. The summed E-state index contributed by atoms with van der Waals surface area (Å²) in [5, 5.41) is 0. The van der Waals surface area contributed by atoms with Crippen molar-refractivity contribution in [2.24, 2.45) is 0 Å². The van der Waals surface area contributed by atoms with Crippen LogP contribution in [0.4, 0.5) is 5.82 Å². The smallest absolute Gasteiger partial charge is 0.254 e. The quantitative estimate of drug-likeness (QED) is 0.896. The van der Waals surface area contributed by atoms with Crippen LogP contribution in [0.15, 0.2) is 12.1 Å². The molecule has 1 aromatic rings. The highest BCUT2D eigenvalue weighted by molar-refractivity contribution is 5.95. The molecule has 1 aliphatic rings. The van der Waals surface area contributed by atoms with E-state index in [1.165, 1.54) is 0 Å².